The van der Waals surface area contributed by atoms with Gasteiger partial charge in [-0.1, -0.05) is 23.2 Å². The Labute approximate surface area is 118 Å². The fraction of sp³-hybridized carbons (Fsp3) is 0.0909. The molecule has 0 fully saturated rings. The highest BCUT2D eigenvalue weighted by atomic mass is 35.5. The molecule has 0 saturated heterocycles. The molecule has 1 heterocycles. The van der Waals surface area contributed by atoms with Crippen LogP contribution in [0.15, 0.2) is 24.5 Å². The Morgan fingerprint density at radius 2 is 2.00 bits per heavy atom. The van der Waals surface area contributed by atoms with Crippen molar-refractivity contribution in [2.45, 2.75) is 0 Å². The van der Waals surface area contributed by atoms with E-state index >= 15 is 0 Å². The second-order valence-electron chi connectivity index (χ2n) is 3.73. The lowest BCUT2D eigenvalue weighted by Gasteiger charge is -2.08. The molecular weight excluding hydrogens is 294 g/mol. The average molecular weight is 303 g/mol. The minimum atomic E-state index is -0.671. The molecule has 0 atom stereocenters. The zero-order valence-electron chi connectivity index (χ0n) is 9.75. The number of rotatable bonds is 2. The van der Waals surface area contributed by atoms with Gasteiger partial charge in [0.2, 0.25) is 0 Å². The Morgan fingerprint density at radius 1 is 1.32 bits per heavy atom. The van der Waals surface area contributed by atoms with E-state index in [4.69, 9.17) is 23.2 Å². The molecule has 0 radical (unpaired) electrons. The van der Waals surface area contributed by atoms with Gasteiger partial charge < -0.3 is 10.6 Å². The summed E-state index contributed by atoms with van der Waals surface area (Å²) in [6, 6.07) is 1.66. The second kappa shape index (κ2) is 5.46. The highest BCUT2D eigenvalue weighted by Gasteiger charge is 2.11. The number of hydrogen-bond acceptors (Lipinski definition) is 2. The summed E-state index contributed by atoms with van der Waals surface area (Å²) < 4.78 is 15.1. The number of nitrogens with one attached hydrogen (secondary N) is 2. The van der Waals surface area contributed by atoms with Gasteiger partial charge in [0.15, 0.2) is 0 Å². The number of halogens is 3. The molecule has 5 nitrogen and oxygen atoms in total. The molecule has 19 heavy (non-hydrogen) atoms. The van der Waals surface area contributed by atoms with Crippen molar-refractivity contribution in [3.8, 4) is 0 Å². The van der Waals surface area contributed by atoms with E-state index in [0.717, 1.165) is 6.07 Å². The van der Waals surface area contributed by atoms with Crippen LogP contribution >= 0.6 is 23.2 Å². The molecule has 1 aromatic heterocycles. The van der Waals surface area contributed by atoms with Crippen molar-refractivity contribution in [3.63, 3.8) is 0 Å². The quantitative estimate of drug-likeness (QED) is 0.834. The highest BCUT2D eigenvalue weighted by molar-refractivity contribution is 6.42. The van der Waals surface area contributed by atoms with Crippen molar-refractivity contribution in [1.82, 2.24) is 9.78 Å². The van der Waals surface area contributed by atoms with Gasteiger partial charge in [-0.25, -0.2) is 9.18 Å². The largest absolute Gasteiger partial charge is 0.323 e. The fourth-order valence-electron chi connectivity index (χ4n) is 1.39. The van der Waals surface area contributed by atoms with Gasteiger partial charge in [0, 0.05) is 13.2 Å². The number of aryl methyl sites for hydroxylation is 1. The first kappa shape index (κ1) is 13.6. The smallest absolute Gasteiger partial charge is 0.305 e. The molecular formula is C11H9Cl2FN4O. The number of anilines is 2. The van der Waals surface area contributed by atoms with Gasteiger partial charge in [-0.2, -0.15) is 5.10 Å². The Bertz CT molecular complexity index is 629. The summed E-state index contributed by atoms with van der Waals surface area (Å²) in [6.07, 6.45) is 3.07. The normalized spacial score (nSPS) is 10.3. The number of nitrogens with zero attached hydrogens (tertiary/aromatic N) is 2. The summed E-state index contributed by atoms with van der Waals surface area (Å²) in [4.78, 5) is 11.6. The highest BCUT2D eigenvalue weighted by Crippen LogP contribution is 2.28. The number of carbonyl (C=O) groups is 1. The van der Waals surface area contributed by atoms with Crippen LogP contribution in [0.5, 0.6) is 0 Å². The molecule has 2 rings (SSSR count). The van der Waals surface area contributed by atoms with E-state index in [1.807, 2.05) is 0 Å². The zero-order valence-corrected chi connectivity index (χ0v) is 11.3. The first-order chi connectivity index (χ1) is 8.95. The van der Waals surface area contributed by atoms with E-state index in [-0.39, 0.29) is 15.7 Å². The summed E-state index contributed by atoms with van der Waals surface area (Å²) in [5, 5.41) is 8.94. The van der Waals surface area contributed by atoms with Crippen molar-refractivity contribution in [1.29, 1.82) is 0 Å². The molecule has 2 N–H and O–H groups in total. The fourth-order valence-corrected chi connectivity index (χ4v) is 1.70. The standard InChI is InChI=1S/C11H9Cl2FN4O/c1-18-5-6(4-15-18)16-11(19)17-10-3-8(13)7(12)2-9(10)14/h2-5H,1H3,(H2,16,17,19). The molecule has 0 unspecified atom stereocenters. The van der Waals surface area contributed by atoms with E-state index in [0.29, 0.717) is 5.69 Å². The monoisotopic (exact) mass is 302 g/mol. The number of carbonyl (C=O) groups excluding carboxylic acids is 1. The molecule has 8 heteroatoms. The van der Waals surface area contributed by atoms with E-state index in [1.165, 1.54) is 16.9 Å². The van der Waals surface area contributed by atoms with Crippen molar-refractivity contribution in [2.75, 3.05) is 10.6 Å². The van der Waals surface area contributed by atoms with Gasteiger partial charge in [-0.15, -0.1) is 0 Å². The molecule has 0 saturated carbocycles. The third-order valence-electron chi connectivity index (χ3n) is 2.22. The van der Waals surface area contributed by atoms with Crippen LogP contribution < -0.4 is 10.6 Å². The SMILES string of the molecule is Cn1cc(NC(=O)Nc2cc(Cl)c(Cl)cc2F)cn1. The molecule has 0 bridgehead atoms. The average Bonchev–Trinajstić information content (AvgIpc) is 2.71. The first-order valence-electron chi connectivity index (χ1n) is 5.17. The number of urea groups is 1. The van der Waals surface area contributed by atoms with Crippen LogP contribution in [0.4, 0.5) is 20.6 Å². The predicted molar refractivity (Wildman–Crippen MR) is 72.3 cm³/mol. The van der Waals surface area contributed by atoms with Crippen LogP contribution in [0.1, 0.15) is 0 Å². The van der Waals surface area contributed by atoms with Crippen molar-refractivity contribution < 1.29 is 9.18 Å². The summed E-state index contributed by atoms with van der Waals surface area (Å²) >= 11 is 11.4. The van der Waals surface area contributed by atoms with Crippen LogP contribution in [-0.2, 0) is 7.05 Å². The molecule has 100 valence electrons. The molecule has 0 aliphatic carbocycles. The third kappa shape index (κ3) is 3.36. The second-order valence-corrected chi connectivity index (χ2v) is 4.54. The Kier molecular flexibility index (Phi) is 3.92. The number of amides is 2. The van der Waals surface area contributed by atoms with Crippen LogP contribution in [0.3, 0.4) is 0 Å². The van der Waals surface area contributed by atoms with E-state index < -0.39 is 11.8 Å². The van der Waals surface area contributed by atoms with Crippen LogP contribution in [0.25, 0.3) is 0 Å². The maximum atomic E-state index is 13.5. The maximum absolute atomic E-state index is 13.5. The Balaban J connectivity index is 2.09. The number of benzene rings is 1. The van der Waals surface area contributed by atoms with Crippen molar-refractivity contribution >= 4 is 40.6 Å². The minimum Gasteiger partial charge on any atom is -0.305 e. The van der Waals surface area contributed by atoms with E-state index in [1.54, 1.807) is 13.2 Å². The van der Waals surface area contributed by atoms with Gasteiger partial charge >= 0.3 is 6.03 Å². The summed E-state index contributed by atoms with van der Waals surface area (Å²) in [7, 11) is 1.71. The molecule has 0 spiro atoms. The summed E-state index contributed by atoms with van der Waals surface area (Å²) in [5.74, 6) is -0.671. The van der Waals surface area contributed by atoms with Crippen molar-refractivity contribution in [2.24, 2.45) is 7.05 Å². The van der Waals surface area contributed by atoms with Crippen LogP contribution in [-0.4, -0.2) is 15.8 Å². The Hall–Kier alpha value is -1.79. The van der Waals surface area contributed by atoms with Gasteiger partial charge in [0.25, 0.3) is 0 Å². The number of hydrogen-bond donors (Lipinski definition) is 2. The van der Waals surface area contributed by atoms with Crippen LogP contribution in [0, 0.1) is 5.82 Å². The van der Waals surface area contributed by atoms with Gasteiger partial charge in [0.05, 0.1) is 27.6 Å². The van der Waals surface area contributed by atoms with Gasteiger partial charge in [-0.3, -0.25) is 4.68 Å². The van der Waals surface area contributed by atoms with Gasteiger partial charge in [-0.05, 0) is 12.1 Å². The van der Waals surface area contributed by atoms with E-state index in [2.05, 4.69) is 15.7 Å². The third-order valence-corrected chi connectivity index (χ3v) is 2.94. The topological polar surface area (TPSA) is 59.0 Å². The minimum absolute atomic E-state index is 0.0595. The molecule has 2 amide bonds. The zero-order chi connectivity index (χ0) is 14.0. The first-order valence-corrected chi connectivity index (χ1v) is 5.92. The molecule has 0 aliphatic rings. The lowest BCUT2D eigenvalue weighted by atomic mass is 10.3. The molecule has 1 aromatic carbocycles. The van der Waals surface area contributed by atoms with E-state index in [9.17, 15) is 9.18 Å². The van der Waals surface area contributed by atoms with Gasteiger partial charge in [0.1, 0.15) is 5.82 Å². The molecule has 0 aliphatic heterocycles. The summed E-state index contributed by atoms with van der Waals surface area (Å²) in [5.41, 5.74) is 0.427. The van der Waals surface area contributed by atoms with Crippen LogP contribution in [0.2, 0.25) is 10.0 Å². The maximum Gasteiger partial charge on any atom is 0.323 e. The predicted octanol–water partition coefficient (Wildman–Crippen LogP) is 3.51. The molecule has 2 aromatic rings. The van der Waals surface area contributed by atoms with Crippen molar-refractivity contribution in [3.05, 3.63) is 40.4 Å². The Morgan fingerprint density at radius 3 is 2.63 bits per heavy atom. The lowest BCUT2D eigenvalue weighted by Crippen LogP contribution is -2.19. The number of aromatic nitrogens is 2. The summed E-state index contributed by atoms with van der Waals surface area (Å²) in [6.45, 7) is 0. The lowest BCUT2D eigenvalue weighted by molar-refractivity contribution is 0.262.